The summed E-state index contributed by atoms with van der Waals surface area (Å²) in [5, 5.41) is 9.24. The van der Waals surface area contributed by atoms with E-state index in [4.69, 9.17) is 18.9 Å². The van der Waals surface area contributed by atoms with Gasteiger partial charge in [-0.25, -0.2) is 9.59 Å². The molecule has 2 aromatic rings. The first-order chi connectivity index (χ1) is 16.9. The third-order valence-electron chi connectivity index (χ3n) is 5.22. The van der Waals surface area contributed by atoms with Crippen LogP contribution >= 0.6 is 0 Å². The highest BCUT2D eigenvalue weighted by atomic mass is 16.6. The fourth-order valence-corrected chi connectivity index (χ4v) is 3.29. The van der Waals surface area contributed by atoms with Crippen LogP contribution in [-0.2, 0) is 20.7 Å². The zero-order valence-corrected chi connectivity index (χ0v) is 20.9. The Bertz CT molecular complexity index is 901. The molecule has 2 rings (SSSR count). The normalized spacial score (nSPS) is 11.6. The molecule has 0 saturated heterocycles. The summed E-state index contributed by atoms with van der Waals surface area (Å²) in [6.07, 6.45) is 0.975. The Morgan fingerprint density at radius 2 is 1.71 bits per heavy atom. The number of aryl methyl sites for hydroxylation is 1. The standard InChI is InChI=1S/C27H37NO7/c1-4-6-16-32-17-14-28(27(31)35-24-9-7-8-21(3)19-24)15-18-34-23-12-10-22(11-13-23)20-25(26(29)30)33-5-2/h7-13,19,25H,4-6,14-18,20H2,1-3H3,(H,29,30). The Morgan fingerprint density at radius 1 is 0.971 bits per heavy atom. The number of hydrogen-bond acceptors (Lipinski definition) is 6. The highest BCUT2D eigenvalue weighted by Gasteiger charge is 2.18. The maximum Gasteiger partial charge on any atom is 0.415 e. The molecule has 1 N–H and O–H groups in total. The second-order valence-electron chi connectivity index (χ2n) is 8.12. The van der Waals surface area contributed by atoms with Gasteiger partial charge in [0, 0.05) is 26.2 Å². The molecule has 0 aliphatic heterocycles. The topological polar surface area (TPSA) is 94.5 Å². The number of carbonyl (C=O) groups excluding carboxylic acids is 1. The average molecular weight is 488 g/mol. The van der Waals surface area contributed by atoms with E-state index in [9.17, 15) is 14.7 Å². The number of carboxylic acids is 1. The lowest BCUT2D eigenvalue weighted by atomic mass is 10.1. The van der Waals surface area contributed by atoms with Crippen molar-refractivity contribution < 1.29 is 33.6 Å². The molecule has 0 aromatic heterocycles. The van der Waals surface area contributed by atoms with Gasteiger partial charge in [0.1, 0.15) is 18.1 Å². The zero-order valence-electron chi connectivity index (χ0n) is 20.9. The number of unbranched alkanes of at least 4 members (excludes halogenated alkanes) is 1. The van der Waals surface area contributed by atoms with Crippen molar-refractivity contribution in [1.29, 1.82) is 0 Å². The molecule has 8 heteroatoms. The molecule has 0 radical (unpaired) electrons. The number of carboxylic acid groups (broad SMARTS) is 1. The Hall–Kier alpha value is -3.10. The number of amides is 1. The molecule has 0 saturated carbocycles. The van der Waals surface area contributed by atoms with Gasteiger partial charge in [-0.15, -0.1) is 0 Å². The van der Waals surface area contributed by atoms with Gasteiger partial charge in [-0.2, -0.15) is 0 Å². The molecule has 8 nitrogen and oxygen atoms in total. The molecule has 2 aromatic carbocycles. The van der Waals surface area contributed by atoms with Gasteiger partial charge in [-0.3, -0.25) is 0 Å². The van der Waals surface area contributed by atoms with E-state index in [-0.39, 0.29) is 13.0 Å². The summed E-state index contributed by atoms with van der Waals surface area (Å²) in [6.45, 7) is 8.22. The van der Waals surface area contributed by atoms with Crippen LogP contribution in [0.4, 0.5) is 4.79 Å². The SMILES string of the molecule is CCCCOCCN(CCOc1ccc(CC(OCC)C(=O)O)cc1)C(=O)Oc1cccc(C)c1. The van der Waals surface area contributed by atoms with E-state index < -0.39 is 18.2 Å². The minimum Gasteiger partial charge on any atom is -0.492 e. The molecule has 0 spiro atoms. The predicted octanol–water partition coefficient (Wildman–Crippen LogP) is 4.72. The first kappa shape index (κ1) is 28.1. The van der Waals surface area contributed by atoms with Gasteiger partial charge in [0.2, 0.25) is 0 Å². The van der Waals surface area contributed by atoms with Crippen LogP contribution in [0, 0.1) is 6.92 Å². The van der Waals surface area contributed by atoms with Gasteiger partial charge < -0.3 is 29.0 Å². The zero-order chi connectivity index (χ0) is 25.5. The molecule has 1 atom stereocenters. The third-order valence-corrected chi connectivity index (χ3v) is 5.22. The summed E-state index contributed by atoms with van der Waals surface area (Å²) < 4.78 is 22.3. The van der Waals surface area contributed by atoms with Crippen LogP contribution in [0.3, 0.4) is 0 Å². The summed E-state index contributed by atoms with van der Waals surface area (Å²) in [6, 6.07) is 14.5. The van der Waals surface area contributed by atoms with Gasteiger partial charge >= 0.3 is 12.1 Å². The maximum absolute atomic E-state index is 12.8. The van der Waals surface area contributed by atoms with Crippen LogP contribution in [0.25, 0.3) is 0 Å². The fraction of sp³-hybridized carbons (Fsp3) is 0.481. The molecule has 0 aliphatic rings. The molecule has 192 valence electrons. The van der Waals surface area contributed by atoms with Gasteiger partial charge in [0.25, 0.3) is 0 Å². The lowest BCUT2D eigenvalue weighted by molar-refractivity contribution is -0.149. The van der Waals surface area contributed by atoms with E-state index in [0.717, 1.165) is 24.0 Å². The van der Waals surface area contributed by atoms with Crippen molar-refractivity contribution in [1.82, 2.24) is 4.90 Å². The van der Waals surface area contributed by atoms with E-state index in [1.54, 1.807) is 30.0 Å². The van der Waals surface area contributed by atoms with Crippen molar-refractivity contribution in [3.63, 3.8) is 0 Å². The van der Waals surface area contributed by atoms with E-state index >= 15 is 0 Å². The molecular formula is C27H37NO7. The predicted molar refractivity (Wildman–Crippen MR) is 133 cm³/mol. The van der Waals surface area contributed by atoms with E-state index in [0.29, 0.717) is 44.4 Å². The van der Waals surface area contributed by atoms with Crippen molar-refractivity contribution in [2.45, 2.75) is 46.1 Å². The van der Waals surface area contributed by atoms with Gasteiger partial charge in [-0.1, -0.05) is 37.6 Å². The molecule has 0 aliphatic carbocycles. The first-order valence-corrected chi connectivity index (χ1v) is 12.1. The molecule has 0 bridgehead atoms. The molecule has 0 fully saturated rings. The lowest BCUT2D eigenvalue weighted by Gasteiger charge is -2.22. The van der Waals surface area contributed by atoms with Crippen LogP contribution in [-0.4, -0.2) is 67.7 Å². The highest BCUT2D eigenvalue weighted by Crippen LogP contribution is 2.16. The number of aliphatic carboxylic acids is 1. The summed E-state index contributed by atoms with van der Waals surface area (Å²) in [5.41, 5.74) is 1.85. The molecule has 0 heterocycles. The van der Waals surface area contributed by atoms with Crippen molar-refractivity contribution in [2.24, 2.45) is 0 Å². The second-order valence-corrected chi connectivity index (χ2v) is 8.12. The molecule has 1 unspecified atom stereocenters. The minimum atomic E-state index is -0.983. The number of carbonyl (C=O) groups is 2. The lowest BCUT2D eigenvalue weighted by Crippen LogP contribution is -2.39. The second kappa shape index (κ2) is 15.7. The van der Waals surface area contributed by atoms with Crippen LogP contribution in [0.1, 0.15) is 37.8 Å². The van der Waals surface area contributed by atoms with E-state index in [1.165, 1.54) is 0 Å². The van der Waals surface area contributed by atoms with Crippen molar-refractivity contribution in [3.05, 3.63) is 59.7 Å². The summed E-state index contributed by atoms with van der Waals surface area (Å²) in [7, 11) is 0. The van der Waals surface area contributed by atoms with Gasteiger partial charge in [-0.05, 0) is 55.7 Å². The number of hydrogen-bond donors (Lipinski definition) is 1. The van der Waals surface area contributed by atoms with Crippen LogP contribution in [0.15, 0.2) is 48.5 Å². The highest BCUT2D eigenvalue weighted by molar-refractivity contribution is 5.72. The molecule has 1 amide bonds. The Morgan fingerprint density at radius 3 is 2.37 bits per heavy atom. The molecule has 35 heavy (non-hydrogen) atoms. The van der Waals surface area contributed by atoms with E-state index in [1.807, 2.05) is 37.3 Å². The number of ether oxygens (including phenoxy) is 4. The average Bonchev–Trinajstić information content (AvgIpc) is 2.83. The largest absolute Gasteiger partial charge is 0.492 e. The van der Waals surface area contributed by atoms with Crippen molar-refractivity contribution >= 4 is 12.1 Å². The Kier molecular flexibility index (Phi) is 12.7. The van der Waals surface area contributed by atoms with Crippen LogP contribution in [0.5, 0.6) is 11.5 Å². The summed E-state index contributed by atoms with van der Waals surface area (Å²) in [5.74, 6) is 0.141. The maximum atomic E-state index is 12.8. The fourth-order valence-electron chi connectivity index (χ4n) is 3.29. The minimum absolute atomic E-state index is 0.272. The summed E-state index contributed by atoms with van der Waals surface area (Å²) >= 11 is 0. The number of nitrogens with zero attached hydrogens (tertiary/aromatic N) is 1. The Balaban J connectivity index is 1.90. The number of rotatable bonds is 16. The van der Waals surface area contributed by atoms with Crippen molar-refractivity contribution in [2.75, 3.05) is 39.5 Å². The first-order valence-electron chi connectivity index (χ1n) is 12.1. The van der Waals surface area contributed by atoms with Gasteiger partial charge in [0.15, 0.2) is 6.10 Å². The van der Waals surface area contributed by atoms with Crippen molar-refractivity contribution in [3.8, 4) is 11.5 Å². The number of benzene rings is 2. The quantitative estimate of drug-likeness (QED) is 0.342. The monoisotopic (exact) mass is 487 g/mol. The smallest absolute Gasteiger partial charge is 0.415 e. The summed E-state index contributed by atoms with van der Waals surface area (Å²) in [4.78, 5) is 25.6. The van der Waals surface area contributed by atoms with Crippen LogP contribution < -0.4 is 9.47 Å². The van der Waals surface area contributed by atoms with E-state index in [2.05, 4.69) is 6.92 Å². The Labute approximate surface area is 207 Å². The van der Waals surface area contributed by atoms with Crippen LogP contribution in [0.2, 0.25) is 0 Å². The van der Waals surface area contributed by atoms with Gasteiger partial charge in [0.05, 0.1) is 13.2 Å². The molecular weight excluding hydrogens is 450 g/mol. The third kappa shape index (κ3) is 10.8.